The van der Waals surface area contributed by atoms with Crippen LogP contribution in [0.5, 0.6) is 0 Å². The van der Waals surface area contributed by atoms with Crippen molar-refractivity contribution in [1.82, 2.24) is 9.29 Å². The summed E-state index contributed by atoms with van der Waals surface area (Å²) >= 11 is 7.41. The zero-order valence-electron chi connectivity index (χ0n) is 14.5. The maximum absolute atomic E-state index is 13.0. The van der Waals surface area contributed by atoms with E-state index >= 15 is 0 Å². The Morgan fingerprint density at radius 3 is 2.58 bits per heavy atom. The standard InChI is InChI=1S/C18H19ClN2O3S2/c1-3-10-21(26(22,23)15-8-6-14(19)7-9-15)12-16-13(2)24-18(20-16)17-5-4-11-25-17/h4-9,11H,3,10,12H2,1-2H3. The van der Waals surface area contributed by atoms with E-state index in [-0.39, 0.29) is 11.4 Å². The summed E-state index contributed by atoms with van der Waals surface area (Å²) in [5.41, 5.74) is 0.624. The third-order valence-corrected chi connectivity index (χ3v) is 6.84. The molecular formula is C18H19ClN2O3S2. The summed E-state index contributed by atoms with van der Waals surface area (Å²) in [6.07, 6.45) is 0.696. The number of nitrogens with zero attached hydrogens (tertiary/aromatic N) is 2. The molecule has 0 radical (unpaired) electrons. The lowest BCUT2D eigenvalue weighted by molar-refractivity contribution is 0.399. The number of hydrogen-bond acceptors (Lipinski definition) is 5. The molecule has 2 aromatic heterocycles. The average molecular weight is 411 g/mol. The van der Waals surface area contributed by atoms with Crippen LogP contribution in [0.3, 0.4) is 0 Å². The fourth-order valence-electron chi connectivity index (χ4n) is 2.54. The van der Waals surface area contributed by atoms with Gasteiger partial charge in [-0.3, -0.25) is 0 Å². The van der Waals surface area contributed by atoms with Crippen molar-refractivity contribution in [1.29, 1.82) is 0 Å². The van der Waals surface area contributed by atoms with Crippen molar-refractivity contribution in [2.75, 3.05) is 6.54 Å². The lowest BCUT2D eigenvalue weighted by atomic mass is 10.3. The van der Waals surface area contributed by atoms with Gasteiger partial charge < -0.3 is 4.42 Å². The second-order valence-electron chi connectivity index (χ2n) is 5.79. The molecule has 5 nitrogen and oxygen atoms in total. The van der Waals surface area contributed by atoms with Gasteiger partial charge in [-0.05, 0) is 49.1 Å². The number of hydrogen-bond donors (Lipinski definition) is 0. The Hall–Kier alpha value is -1.67. The summed E-state index contributed by atoms with van der Waals surface area (Å²) in [6.45, 7) is 4.31. The Bertz CT molecular complexity index is 965. The maximum Gasteiger partial charge on any atom is 0.243 e. The molecule has 138 valence electrons. The Labute approximate surface area is 162 Å². The van der Waals surface area contributed by atoms with E-state index in [0.717, 1.165) is 4.88 Å². The number of sulfonamides is 1. The van der Waals surface area contributed by atoms with Crippen LogP contribution in [-0.4, -0.2) is 24.3 Å². The molecule has 1 aromatic carbocycles. The van der Waals surface area contributed by atoms with Gasteiger partial charge in [-0.1, -0.05) is 24.6 Å². The summed E-state index contributed by atoms with van der Waals surface area (Å²) in [6, 6.07) is 10.0. The quantitative estimate of drug-likeness (QED) is 0.551. The Kier molecular flexibility index (Phi) is 5.82. The molecule has 0 atom stereocenters. The lowest BCUT2D eigenvalue weighted by Crippen LogP contribution is -2.31. The number of thiophene rings is 1. The topological polar surface area (TPSA) is 63.4 Å². The second-order valence-corrected chi connectivity index (χ2v) is 9.11. The van der Waals surface area contributed by atoms with Gasteiger partial charge in [0.15, 0.2) is 0 Å². The molecule has 3 aromatic rings. The van der Waals surface area contributed by atoms with Gasteiger partial charge in [0.25, 0.3) is 0 Å². The first kappa shape index (κ1) is 19.1. The molecule has 26 heavy (non-hydrogen) atoms. The fourth-order valence-corrected chi connectivity index (χ4v) is 4.80. The molecule has 2 heterocycles. The molecule has 0 saturated carbocycles. The third-order valence-electron chi connectivity index (χ3n) is 3.88. The normalized spacial score (nSPS) is 12.0. The third kappa shape index (κ3) is 4.01. The summed E-state index contributed by atoms with van der Waals surface area (Å²) in [5.74, 6) is 1.15. The van der Waals surface area contributed by atoms with E-state index < -0.39 is 10.0 Å². The first-order valence-corrected chi connectivity index (χ1v) is 10.9. The molecule has 0 fully saturated rings. The molecule has 0 unspecified atom stereocenters. The molecule has 0 saturated heterocycles. The van der Waals surface area contributed by atoms with Crippen LogP contribution in [0.2, 0.25) is 5.02 Å². The number of halogens is 1. The minimum Gasteiger partial charge on any atom is -0.440 e. The average Bonchev–Trinajstić information content (AvgIpc) is 3.25. The van der Waals surface area contributed by atoms with Gasteiger partial charge in [0.2, 0.25) is 15.9 Å². The van der Waals surface area contributed by atoms with Gasteiger partial charge in [0.05, 0.1) is 22.0 Å². The predicted molar refractivity (Wildman–Crippen MR) is 104 cm³/mol. The molecule has 0 aliphatic carbocycles. The number of aromatic nitrogens is 1. The lowest BCUT2D eigenvalue weighted by Gasteiger charge is -2.21. The van der Waals surface area contributed by atoms with Crippen molar-refractivity contribution in [2.24, 2.45) is 0 Å². The zero-order valence-corrected chi connectivity index (χ0v) is 16.9. The highest BCUT2D eigenvalue weighted by Crippen LogP contribution is 2.28. The van der Waals surface area contributed by atoms with Crippen LogP contribution in [0.25, 0.3) is 10.8 Å². The molecule has 0 spiro atoms. The summed E-state index contributed by atoms with van der Waals surface area (Å²) in [7, 11) is -3.64. The van der Waals surface area contributed by atoms with Crippen LogP contribution in [-0.2, 0) is 16.6 Å². The summed E-state index contributed by atoms with van der Waals surface area (Å²) in [5, 5.41) is 2.45. The van der Waals surface area contributed by atoms with Crippen molar-refractivity contribution in [2.45, 2.75) is 31.7 Å². The van der Waals surface area contributed by atoms with Gasteiger partial charge >= 0.3 is 0 Å². The van der Waals surface area contributed by atoms with E-state index in [1.165, 1.54) is 27.8 Å². The zero-order chi connectivity index (χ0) is 18.7. The number of rotatable bonds is 7. The van der Waals surface area contributed by atoms with Crippen LogP contribution >= 0.6 is 22.9 Å². The number of benzene rings is 1. The summed E-state index contributed by atoms with van der Waals surface area (Å²) in [4.78, 5) is 5.65. The van der Waals surface area contributed by atoms with Crippen molar-refractivity contribution in [3.05, 3.63) is 58.3 Å². The van der Waals surface area contributed by atoms with E-state index in [1.807, 2.05) is 24.4 Å². The van der Waals surface area contributed by atoms with Crippen LogP contribution < -0.4 is 0 Å². The van der Waals surface area contributed by atoms with Crippen LogP contribution in [0, 0.1) is 6.92 Å². The highest BCUT2D eigenvalue weighted by Gasteiger charge is 2.26. The highest BCUT2D eigenvalue weighted by molar-refractivity contribution is 7.89. The first-order chi connectivity index (χ1) is 12.4. The van der Waals surface area contributed by atoms with Crippen molar-refractivity contribution < 1.29 is 12.8 Å². The number of oxazole rings is 1. The van der Waals surface area contributed by atoms with Crippen molar-refractivity contribution >= 4 is 33.0 Å². The SMILES string of the molecule is CCCN(Cc1nc(-c2cccs2)oc1C)S(=O)(=O)c1ccc(Cl)cc1. The minimum atomic E-state index is -3.64. The Morgan fingerprint density at radius 2 is 1.96 bits per heavy atom. The summed E-state index contributed by atoms with van der Waals surface area (Å²) < 4.78 is 33.2. The molecule has 0 N–H and O–H groups in total. The minimum absolute atomic E-state index is 0.166. The molecule has 0 aliphatic heterocycles. The second kappa shape index (κ2) is 7.92. The van der Waals surface area contributed by atoms with E-state index in [9.17, 15) is 8.42 Å². The van der Waals surface area contributed by atoms with E-state index in [4.69, 9.17) is 16.0 Å². The van der Waals surface area contributed by atoms with Crippen LogP contribution in [0.15, 0.2) is 51.1 Å². The predicted octanol–water partition coefficient (Wildman–Crippen LogP) is 4.97. The molecule has 0 aliphatic rings. The molecule has 0 amide bonds. The smallest absolute Gasteiger partial charge is 0.243 e. The van der Waals surface area contributed by atoms with E-state index in [0.29, 0.717) is 35.3 Å². The van der Waals surface area contributed by atoms with Crippen LogP contribution in [0.1, 0.15) is 24.8 Å². The monoisotopic (exact) mass is 410 g/mol. The Morgan fingerprint density at radius 1 is 1.23 bits per heavy atom. The van der Waals surface area contributed by atoms with Crippen LogP contribution in [0.4, 0.5) is 0 Å². The van der Waals surface area contributed by atoms with Crippen molar-refractivity contribution in [3.63, 3.8) is 0 Å². The highest BCUT2D eigenvalue weighted by atomic mass is 35.5. The molecule has 0 bridgehead atoms. The van der Waals surface area contributed by atoms with Gasteiger partial charge in [0, 0.05) is 11.6 Å². The first-order valence-electron chi connectivity index (χ1n) is 8.17. The largest absolute Gasteiger partial charge is 0.440 e. The van der Waals surface area contributed by atoms with Gasteiger partial charge in [-0.2, -0.15) is 4.31 Å². The van der Waals surface area contributed by atoms with Gasteiger partial charge in [-0.15, -0.1) is 11.3 Å². The van der Waals surface area contributed by atoms with E-state index in [2.05, 4.69) is 4.98 Å². The van der Waals surface area contributed by atoms with Gasteiger partial charge in [0.1, 0.15) is 5.76 Å². The molecule has 3 rings (SSSR count). The maximum atomic E-state index is 13.0. The van der Waals surface area contributed by atoms with E-state index in [1.54, 1.807) is 19.1 Å². The number of aryl methyl sites for hydroxylation is 1. The van der Waals surface area contributed by atoms with Gasteiger partial charge in [-0.25, -0.2) is 13.4 Å². The molecular weight excluding hydrogens is 392 g/mol. The van der Waals surface area contributed by atoms with Crippen molar-refractivity contribution in [3.8, 4) is 10.8 Å². The molecule has 8 heteroatoms. The Balaban J connectivity index is 1.90. The fraction of sp³-hybridized carbons (Fsp3) is 0.278.